The van der Waals surface area contributed by atoms with Crippen molar-refractivity contribution in [2.24, 2.45) is 0 Å². The Hall–Kier alpha value is -2.68. The van der Waals surface area contributed by atoms with E-state index in [0.717, 1.165) is 4.31 Å². The Morgan fingerprint density at radius 3 is 2.74 bits per heavy atom. The fourth-order valence-corrected chi connectivity index (χ4v) is 3.15. The quantitative estimate of drug-likeness (QED) is 0.876. The first-order valence-corrected chi connectivity index (χ1v) is 7.62. The van der Waals surface area contributed by atoms with E-state index in [1.54, 1.807) is 12.1 Å². The van der Waals surface area contributed by atoms with Crippen LogP contribution in [-0.4, -0.2) is 33.9 Å². The molecule has 0 spiro atoms. The summed E-state index contributed by atoms with van der Waals surface area (Å²) in [6.45, 7) is -0.304. The zero-order chi connectivity index (χ0) is 16.6. The van der Waals surface area contributed by atoms with Crippen LogP contribution in [0.5, 0.6) is 11.6 Å². The smallest absolute Gasteiger partial charge is 0.253 e. The third-order valence-electron chi connectivity index (χ3n) is 3.29. The van der Waals surface area contributed by atoms with Crippen molar-refractivity contribution in [2.45, 2.75) is 0 Å². The number of benzene rings is 1. The van der Waals surface area contributed by atoms with Gasteiger partial charge < -0.3 is 9.84 Å². The molecule has 1 aromatic carbocycles. The normalized spacial score (nSPS) is 17.2. The molecule has 2 heterocycles. The Morgan fingerprint density at radius 2 is 2.17 bits per heavy atom. The summed E-state index contributed by atoms with van der Waals surface area (Å²) in [5.41, 5.74) is 0.313. The zero-order valence-corrected chi connectivity index (χ0v) is 12.8. The molecule has 3 rings (SSSR count). The van der Waals surface area contributed by atoms with E-state index in [2.05, 4.69) is 9.71 Å². The molecule has 120 valence electrons. The molecule has 2 N–H and O–H groups in total. The molecule has 1 saturated heterocycles. The van der Waals surface area contributed by atoms with Crippen molar-refractivity contribution in [1.82, 2.24) is 9.71 Å². The lowest BCUT2D eigenvalue weighted by atomic mass is 10.1. The number of nitrogens with zero attached hydrogens (tertiary/aromatic N) is 2. The topological polar surface area (TPSA) is 91.8 Å². The number of carbonyl (C=O) groups excluding carboxylic acids is 1. The summed E-state index contributed by atoms with van der Waals surface area (Å²) in [6, 6.07) is 5.83. The summed E-state index contributed by atoms with van der Waals surface area (Å²) < 4.78 is 34.7. The summed E-state index contributed by atoms with van der Waals surface area (Å²) in [4.78, 5) is 15.3. The van der Waals surface area contributed by atoms with Crippen LogP contribution < -0.4 is 13.8 Å². The molecule has 0 radical (unpaired) electrons. The van der Waals surface area contributed by atoms with Gasteiger partial charge in [0.15, 0.2) is 5.82 Å². The first-order chi connectivity index (χ1) is 11.0. The molecule has 1 aliphatic rings. The number of carbonyl (C=O) groups is 1. The molecule has 0 aliphatic carbocycles. The van der Waals surface area contributed by atoms with Gasteiger partial charge in [0.05, 0.1) is 7.11 Å². The first kappa shape index (κ1) is 15.2. The number of hydrogen-bond acceptors (Lipinski definition) is 5. The Balaban J connectivity index is 2.08. The molecule has 1 aliphatic heterocycles. The minimum atomic E-state index is -1.93. The molecule has 0 saturated carbocycles. The second-order valence-corrected chi connectivity index (χ2v) is 5.84. The predicted octanol–water partition coefficient (Wildman–Crippen LogP) is 1.12. The van der Waals surface area contributed by atoms with Crippen molar-refractivity contribution in [1.29, 1.82) is 0 Å². The molecule has 7 nitrogen and oxygen atoms in total. The number of pyridine rings is 1. The zero-order valence-electron chi connectivity index (χ0n) is 11.9. The van der Waals surface area contributed by atoms with Gasteiger partial charge in [0.1, 0.15) is 18.0 Å². The molecule has 0 bridgehead atoms. The van der Waals surface area contributed by atoms with Crippen LogP contribution >= 0.6 is 0 Å². The highest BCUT2D eigenvalue weighted by Gasteiger charge is 2.32. The highest BCUT2D eigenvalue weighted by molar-refractivity contribution is 7.85. The molecule has 1 fully saturated rings. The number of methoxy groups -OCH3 is 1. The molecular weight excluding hydrogens is 325 g/mol. The average molecular weight is 337 g/mol. The number of halogens is 1. The maximum atomic E-state index is 14.8. The van der Waals surface area contributed by atoms with E-state index < -0.39 is 28.6 Å². The highest BCUT2D eigenvalue weighted by atomic mass is 32.2. The van der Waals surface area contributed by atoms with Crippen LogP contribution in [0.2, 0.25) is 0 Å². The number of aromatic nitrogens is 1. The lowest BCUT2D eigenvalue weighted by molar-refractivity contribution is -0.117. The minimum absolute atomic E-state index is 0.157. The summed E-state index contributed by atoms with van der Waals surface area (Å²) in [6.07, 6.45) is 1.42. The Labute approximate surface area is 133 Å². The molecule has 1 amide bonds. The minimum Gasteiger partial charge on any atom is -0.506 e. The van der Waals surface area contributed by atoms with Gasteiger partial charge in [-0.15, -0.1) is 0 Å². The van der Waals surface area contributed by atoms with E-state index in [0.29, 0.717) is 11.4 Å². The SMILES string of the molecule is COc1ccc(-c2ccc(O)c(N3CC(=O)NS3=O)c2F)cn1. The summed E-state index contributed by atoms with van der Waals surface area (Å²) in [5, 5.41) is 9.92. The Kier molecular flexibility index (Phi) is 3.87. The van der Waals surface area contributed by atoms with E-state index in [9.17, 15) is 18.5 Å². The largest absolute Gasteiger partial charge is 0.506 e. The van der Waals surface area contributed by atoms with Crippen molar-refractivity contribution in [3.63, 3.8) is 0 Å². The van der Waals surface area contributed by atoms with Gasteiger partial charge in [0.2, 0.25) is 17.1 Å². The third-order valence-corrected chi connectivity index (χ3v) is 4.40. The molecule has 1 atom stereocenters. The van der Waals surface area contributed by atoms with Crippen molar-refractivity contribution < 1.29 is 23.2 Å². The van der Waals surface area contributed by atoms with Gasteiger partial charge in [-0.3, -0.25) is 13.8 Å². The Bertz CT molecular complexity index is 797. The lowest BCUT2D eigenvalue weighted by Gasteiger charge is -2.18. The van der Waals surface area contributed by atoms with E-state index in [1.165, 1.54) is 25.4 Å². The fourth-order valence-electron chi connectivity index (χ4n) is 2.21. The number of hydrogen-bond donors (Lipinski definition) is 2. The van der Waals surface area contributed by atoms with Crippen LogP contribution in [0.3, 0.4) is 0 Å². The fraction of sp³-hybridized carbons (Fsp3) is 0.143. The van der Waals surface area contributed by atoms with Crippen molar-refractivity contribution in [3.8, 4) is 22.8 Å². The summed E-state index contributed by atoms with van der Waals surface area (Å²) >= 11 is -1.93. The van der Waals surface area contributed by atoms with E-state index in [-0.39, 0.29) is 17.8 Å². The number of nitrogens with one attached hydrogen (secondary N) is 1. The maximum absolute atomic E-state index is 14.8. The number of amides is 1. The number of phenolic OH excluding ortho intramolecular Hbond substituents is 1. The Morgan fingerprint density at radius 1 is 1.39 bits per heavy atom. The van der Waals surface area contributed by atoms with Gasteiger partial charge >= 0.3 is 0 Å². The van der Waals surface area contributed by atoms with Crippen LogP contribution in [0.15, 0.2) is 30.5 Å². The number of anilines is 1. The average Bonchev–Trinajstić information content (AvgIpc) is 2.86. The van der Waals surface area contributed by atoms with Crippen molar-refractivity contribution >= 4 is 22.8 Å². The lowest BCUT2D eigenvalue weighted by Crippen LogP contribution is -2.23. The maximum Gasteiger partial charge on any atom is 0.253 e. The van der Waals surface area contributed by atoms with Crippen LogP contribution in [0.1, 0.15) is 0 Å². The molecule has 23 heavy (non-hydrogen) atoms. The second-order valence-electron chi connectivity index (χ2n) is 4.70. The van der Waals surface area contributed by atoms with Crippen LogP contribution in [0, 0.1) is 5.82 Å². The van der Waals surface area contributed by atoms with Gasteiger partial charge in [-0.2, -0.15) is 0 Å². The number of phenols is 1. The third kappa shape index (κ3) is 2.70. The highest BCUT2D eigenvalue weighted by Crippen LogP contribution is 2.38. The summed E-state index contributed by atoms with van der Waals surface area (Å²) in [7, 11) is 1.47. The van der Waals surface area contributed by atoms with E-state index >= 15 is 0 Å². The molecule has 9 heteroatoms. The first-order valence-electron chi connectivity index (χ1n) is 6.52. The van der Waals surface area contributed by atoms with Gasteiger partial charge in [0.25, 0.3) is 5.91 Å². The van der Waals surface area contributed by atoms with Crippen LogP contribution in [0.25, 0.3) is 11.1 Å². The molecular formula is C14H12FN3O4S. The van der Waals surface area contributed by atoms with Gasteiger partial charge in [-0.25, -0.2) is 13.6 Å². The van der Waals surface area contributed by atoms with E-state index in [1.807, 2.05) is 0 Å². The number of ether oxygens (including phenoxy) is 1. The summed E-state index contributed by atoms with van der Waals surface area (Å²) in [5.74, 6) is -1.33. The molecule has 1 unspecified atom stereocenters. The van der Waals surface area contributed by atoms with Gasteiger partial charge in [-0.1, -0.05) is 0 Å². The number of rotatable bonds is 3. The van der Waals surface area contributed by atoms with Crippen LogP contribution in [-0.2, 0) is 16.0 Å². The van der Waals surface area contributed by atoms with Crippen molar-refractivity contribution in [2.75, 3.05) is 18.0 Å². The number of aromatic hydroxyl groups is 1. The molecule has 2 aromatic rings. The second kappa shape index (κ2) is 5.84. The standard InChI is InChI=1S/C14H12FN3O4S/c1-22-12-5-2-8(6-16-12)9-3-4-10(19)14(13(9)15)18-7-11(20)17-23(18)21/h2-6,19H,7H2,1H3,(H,17,20). The van der Waals surface area contributed by atoms with E-state index in [4.69, 9.17) is 4.74 Å². The van der Waals surface area contributed by atoms with Gasteiger partial charge in [0, 0.05) is 23.4 Å². The van der Waals surface area contributed by atoms with Gasteiger partial charge in [-0.05, 0) is 18.2 Å². The van der Waals surface area contributed by atoms with Crippen molar-refractivity contribution in [3.05, 3.63) is 36.3 Å². The van der Waals surface area contributed by atoms with Crippen LogP contribution in [0.4, 0.5) is 10.1 Å². The molecule has 1 aromatic heterocycles. The monoisotopic (exact) mass is 337 g/mol. The predicted molar refractivity (Wildman–Crippen MR) is 81.5 cm³/mol.